The summed E-state index contributed by atoms with van der Waals surface area (Å²) in [5, 5.41) is 16.5. The summed E-state index contributed by atoms with van der Waals surface area (Å²) < 4.78 is 1.76. The molecule has 0 spiro atoms. The van der Waals surface area contributed by atoms with E-state index in [1.807, 2.05) is 44.3 Å². The van der Waals surface area contributed by atoms with E-state index in [4.69, 9.17) is 0 Å². The van der Waals surface area contributed by atoms with Crippen LogP contribution in [0.15, 0.2) is 36.5 Å². The van der Waals surface area contributed by atoms with Crippen molar-refractivity contribution in [3.05, 3.63) is 53.3 Å². The van der Waals surface area contributed by atoms with Crippen LogP contribution in [0.1, 0.15) is 22.9 Å². The fourth-order valence-corrected chi connectivity index (χ4v) is 2.02. The van der Waals surface area contributed by atoms with Crippen molar-refractivity contribution in [2.45, 2.75) is 19.5 Å². The molecule has 0 aliphatic carbocycles. The minimum Gasteiger partial charge on any atom is -0.480 e. The number of benzene rings is 1. The van der Waals surface area contributed by atoms with Crippen molar-refractivity contribution in [2.24, 2.45) is 7.05 Å². The molecule has 0 saturated carbocycles. The van der Waals surface area contributed by atoms with Crippen LogP contribution in [-0.2, 0) is 18.4 Å². The second-order valence-corrected chi connectivity index (χ2v) is 4.46. The lowest BCUT2D eigenvalue weighted by Crippen LogP contribution is -2.29. The van der Waals surface area contributed by atoms with Gasteiger partial charge in [-0.15, -0.1) is 0 Å². The third-order valence-corrected chi connectivity index (χ3v) is 3.12. The summed E-state index contributed by atoms with van der Waals surface area (Å²) in [5.74, 6) is -0.883. The van der Waals surface area contributed by atoms with Crippen LogP contribution in [0.3, 0.4) is 0 Å². The number of hydrogen-bond donors (Lipinski definition) is 2. The zero-order valence-corrected chi connectivity index (χ0v) is 11.0. The van der Waals surface area contributed by atoms with Crippen molar-refractivity contribution >= 4 is 5.97 Å². The van der Waals surface area contributed by atoms with Crippen molar-refractivity contribution in [3.8, 4) is 0 Å². The first-order valence-electron chi connectivity index (χ1n) is 6.08. The molecule has 0 aliphatic heterocycles. The van der Waals surface area contributed by atoms with Gasteiger partial charge >= 0.3 is 5.97 Å². The number of aromatic nitrogens is 2. The third kappa shape index (κ3) is 3.00. The van der Waals surface area contributed by atoms with Gasteiger partial charge in [0.1, 0.15) is 6.04 Å². The van der Waals surface area contributed by atoms with Crippen LogP contribution in [0.2, 0.25) is 0 Å². The predicted octanol–water partition coefficient (Wildman–Crippen LogP) is 1.64. The summed E-state index contributed by atoms with van der Waals surface area (Å²) in [6, 6.07) is 8.44. The van der Waals surface area contributed by atoms with Crippen LogP contribution in [-0.4, -0.2) is 20.9 Å². The number of nitrogens with one attached hydrogen (secondary N) is 1. The van der Waals surface area contributed by atoms with E-state index >= 15 is 0 Å². The first-order valence-corrected chi connectivity index (χ1v) is 6.08. The van der Waals surface area contributed by atoms with Crippen LogP contribution in [0.25, 0.3) is 0 Å². The first-order chi connectivity index (χ1) is 9.09. The summed E-state index contributed by atoms with van der Waals surface area (Å²) in [7, 11) is 1.85. The number of carboxylic acids is 1. The molecule has 0 fully saturated rings. The van der Waals surface area contributed by atoms with Crippen molar-refractivity contribution in [3.63, 3.8) is 0 Å². The van der Waals surface area contributed by atoms with Gasteiger partial charge in [-0.05, 0) is 18.1 Å². The Kier molecular flexibility index (Phi) is 3.97. The average Bonchev–Trinajstić information content (AvgIpc) is 2.71. The molecule has 100 valence electrons. The van der Waals surface area contributed by atoms with E-state index in [0.29, 0.717) is 6.54 Å². The molecule has 0 aliphatic rings. The highest BCUT2D eigenvalue weighted by Crippen LogP contribution is 2.14. The molecular formula is C14H17N3O2. The smallest absolute Gasteiger partial charge is 0.325 e. The van der Waals surface area contributed by atoms with E-state index in [1.54, 1.807) is 10.9 Å². The summed E-state index contributed by atoms with van der Waals surface area (Å²) in [5.41, 5.74) is 2.78. The van der Waals surface area contributed by atoms with Gasteiger partial charge < -0.3 is 5.11 Å². The summed E-state index contributed by atoms with van der Waals surface area (Å²) >= 11 is 0. The van der Waals surface area contributed by atoms with Gasteiger partial charge in [0.2, 0.25) is 0 Å². The Bertz CT molecular complexity index is 544. The zero-order valence-electron chi connectivity index (χ0n) is 11.0. The van der Waals surface area contributed by atoms with Crippen LogP contribution in [0.4, 0.5) is 0 Å². The van der Waals surface area contributed by atoms with Gasteiger partial charge in [-0.25, -0.2) is 0 Å². The fourth-order valence-electron chi connectivity index (χ4n) is 2.02. The van der Waals surface area contributed by atoms with E-state index < -0.39 is 12.0 Å². The number of carbonyl (C=O) groups is 1. The molecule has 1 heterocycles. The average molecular weight is 259 g/mol. The predicted molar refractivity (Wildman–Crippen MR) is 71.6 cm³/mol. The van der Waals surface area contributed by atoms with Crippen LogP contribution in [0, 0.1) is 6.92 Å². The highest BCUT2D eigenvalue weighted by molar-refractivity contribution is 5.75. The fraction of sp³-hybridized carbons (Fsp3) is 0.286. The minimum absolute atomic E-state index is 0.466. The Labute approximate surface area is 111 Å². The van der Waals surface area contributed by atoms with Gasteiger partial charge in [0.25, 0.3) is 0 Å². The van der Waals surface area contributed by atoms with E-state index in [2.05, 4.69) is 10.4 Å². The van der Waals surface area contributed by atoms with Gasteiger partial charge in [-0.2, -0.15) is 5.10 Å². The van der Waals surface area contributed by atoms with Crippen LogP contribution in [0.5, 0.6) is 0 Å². The van der Waals surface area contributed by atoms with E-state index in [-0.39, 0.29) is 0 Å². The highest BCUT2D eigenvalue weighted by atomic mass is 16.4. The van der Waals surface area contributed by atoms with Gasteiger partial charge in [-0.3, -0.25) is 14.8 Å². The highest BCUT2D eigenvalue weighted by Gasteiger charge is 2.19. The summed E-state index contributed by atoms with van der Waals surface area (Å²) in [6.45, 7) is 2.43. The monoisotopic (exact) mass is 259 g/mol. The van der Waals surface area contributed by atoms with Crippen molar-refractivity contribution in [1.82, 2.24) is 15.1 Å². The Balaban J connectivity index is 2.13. The van der Waals surface area contributed by atoms with Crippen molar-refractivity contribution < 1.29 is 9.90 Å². The molecule has 0 amide bonds. The second kappa shape index (κ2) is 5.67. The molecular weight excluding hydrogens is 242 g/mol. The maximum atomic E-state index is 11.3. The van der Waals surface area contributed by atoms with Gasteiger partial charge in [-0.1, -0.05) is 30.3 Å². The number of hydrogen-bond acceptors (Lipinski definition) is 3. The minimum atomic E-state index is -0.883. The lowest BCUT2D eigenvalue weighted by atomic mass is 10.1. The number of nitrogens with zero attached hydrogens (tertiary/aromatic N) is 2. The number of carboxylic acid groups (broad SMARTS) is 1. The SMILES string of the molecule is Cc1cnn(C)c1CN[C@H](C(=O)O)c1ccccc1. The standard InChI is InChI=1S/C14H17N3O2/c1-10-8-16-17(2)12(10)9-15-13(14(18)19)11-6-4-3-5-7-11/h3-8,13,15H,9H2,1-2H3,(H,18,19)/t13-/m0/s1. The van der Waals surface area contributed by atoms with Crippen LogP contribution < -0.4 is 5.32 Å². The molecule has 0 unspecified atom stereocenters. The maximum absolute atomic E-state index is 11.3. The van der Waals surface area contributed by atoms with Gasteiger partial charge in [0, 0.05) is 13.6 Å². The zero-order chi connectivity index (χ0) is 13.8. The third-order valence-electron chi connectivity index (χ3n) is 3.12. The number of aliphatic carboxylic acids is 1. The number of rotatable bonds is 5. The molecule has 2 rings (SSSR count). The van der Waals surface area contributed by atoms with Crippen molar-refractivity contribution in [1.29, 1.82) is 0 Å². The quantitative estimate of drug-likeness (QED) is 0.856. The summed E-state index contributed by atoms with van der Waals surface area (Å²) in [4.78, 5) is 11.3. The lowest BCUT2D eigenvalue weighted by Gasteiger charge is -2.15. The van der Waals surface area contributed by atoms with Crippen molar-refractivity contribution in [2.75, 3.05) is 0 Å². The molecule has 1 aromatic heterocycles. The lowest BCUT2D eigenvalue weighted by molar-refractivity contribution is -0.139. The second-order valence-electron chi connectivity index (χ2n) is 4.46. The van der Waals surface area contributed by atoms with Crippen LogP contribution >= 0.6 is 0 Å². The Morgan fingerprint density at radius 3 is 2.63 bits per heavy atom. The summed E-state index contributed by atoms with van der Waals surface area (Å²) in [6.07, 6.45) is 1.77. The number of aryl methyl sites for hydroxylation is 2. The van der Waals surface area contributed by atoms with E-state index in [9.17, 15) is 9.90 Å². The molecule has 2 aromatic rings. The van der Waals surface area contributed by atoms with Gasteiger partial charge in [0.15, 0.2) is 0 Å². The van der Waals surface area contributed by atoms with Gasteiger partial charge in [0.05, 0.1) is 11.9 Å². The topological polar surface area (TPSA) is 67.2 Å². The Morgan fingerprint density at radius 2 is 2.11 bits per heavy atom. The molecule has 1 aromatic carbocycles. The molecule has 1 atom stereocenters. The largest absolute Gasteiger partial charge is 0.480 e. The molecule has 0 saturated heterocycles. The van der Waals surface area contributed by atoms with E-state index in [1.165, 1.54) is 0 Å². The normalized spacial score (nSPS) is 12.3. The van der Waals surface area contributed by atoms with E-state index in [0.717, 1.165) is 16.8 Å². The molecule has 0 radical (unpaired) electrons. The molecule has 2 N–H and O–H groups in total. The molecule has 0 bridgehead atoms. The first kappa shape index (κ1) is 13.3. The Morgan fingerprint density at radius 1 is 1.42 bits per heavy atom. The Hall–Kier alpha value is -2.14. The molecule has 5 nitrogen and oxygen atoms in total. The maximum Gasteiger partial charge on any atom is 0.325 e. The molecule has 5 heteroatoms. The molecule has 19 heavy (non-hydrogen) atoms.